The van der Waals surface area contributed by atoms with Crippen LogP contribution in [0.2, 0.25) is 0 Å². The molecule has 0 aliphatic carbocycles. The number of rotatable bonds is 8. The van der Waals surface area contributed by atoms with E-state index in [1.54, 1.807) is 31.2 Å². The number of halogens is 1. The number of nitrogens with zero attached hydrogens (tertiary/aromatic N) is 2. The molecule has 1 heterocycles. The SMILES string of the molecule is CCN(CC)CCN1C(=O)C(=O)/C(=C(\O)c2ccc(F)c(C)c2)C1c1cccc(OC)c1. The summed E-state index contributed by atoms with van der Waals surface area (Å²) in [5, 5.41) is 11.1. The molecule has 1 N–H and O–H groups in total. The van der Waals surface area contributed by atoms with Crippen LogP contribution in [0.4, 0.5) is 4.39 Å². The van der Waals surface area contributed by atoms with Crippen LogP contribution in [0.15, 0.2) is 48.0 Å². The fourth-order valence-electron chi connectivity index (χ4n) is 4.01. The van der Waals surface area contributed by atoms with Gasteiger partial charge in [0.25, 0.3) is 11.7 Å². The molecule has 170 valence electrons. The van der Waals surface area contributed by atoms with Gasteiger partial charge in [-0.1, -0.05) is 26.0 Å². The highest BCUT2D eigenvalue weighted by atomic mass is 19.1. The first-order chi connectivity index (χ1) is 15.3. The number of aliphatic hydroxyl groups is 1. The van der Waals surface area contributed by atoms with Crippen molar-refractivity contribution in [3.63, 3.8) is 0 Å². The average Bonchev–Trinajstić information content (AvgIpc) is 3.06. The van der Waals surface area contributed by atoms with E-state index in [4.69, 9.17) is 4.74 Å². The predicted octanol–water partition coefficient (Wildman–Crippen LogP) is 3.91. The Labute approximate surface area is 187 Å². The number of methoxy groups -OCH3 is 1. The zero-order chi connectivity index (χ0) is 23.4. The van der Waals surface area contributed by atoms with E-state index in [1.165, 1.54) is 30.2 Å². The van der Waals surface area contributed by atoms with Crippen molar-refractivity contribution in [3.05, 3.63) is 70.5 Å². The fourth-order valence-corrected chi connectivity index (χ4v) is 4.01. The molecule has 2 aromatic carbocycles. The van der Waals surface area contributed by atoms with Gasteiger partial charge in [0.15, 0.2) is 0 Å². The monoisotopic (exact) mass is 440 g/mol. The number of likely N-dealkylation sites (N-methyl/N-ethyl adjacent to an activating group) is 1. The van der Waals surface area contributed by atoms with E-state index in [-0.39, 0.29) is 11.3 Å². The summed E-state index contributed by atoms with van der Waals surface area (Å²) in [7, 11) is 1.54. The average molecular weight is 441 g/mol. The number of carbonyl (C=O) groups is 2. The molecule has 0 spiro atoms. The third kappa shape index (κ3) is 4.53. The largest absolute Gasteiger partial charge is 0.507 e. The molecular weight excluding hydrogens is 411 g/mol. The van der Waals surface area contributed by atoms with Crippen molar-refractivity contribution in [1.29, 1.82) is 0 Å². The number of likely N-dealkylation sites (tertiary alicyclic amines) is 1. The molecule has 0 saturated carbocycles. The molecule has 1 fully saturated rings. The van der Waals surface area contributed by atoms with Crippen LogP contribution in [-0.2, 0) is 9.59 Å². The summed E-state index contributed by atoms with van der Waals surface area (Å²) in [6.07, 6.45) is 0. The van der Waals surface area contributed by atoms with E-state index < -0.39 is 23.5 Å². The van der Waals surface area contributed by atoms with E-state index in [0.29, 0.717) is 35.5 Å². The Morgan fingerprint density at radius 1 is 1.16 bits per heavy atom. The maximum atomic E-state index is 13.8. The Bertz CT molecular complexity index is 1050. The van der Waals surface area contributed by atoms with Crippen molar-refractivity contribution < 1.29 is 23.8 Å². The van der Waals surface area contributed by atoms with Crippen LogP contribution in [0.25, 0.3) is 5.76 Å². The molecular formula is C25H29FN2O4. The number of amides is 1. The van der Waals surface area contributed by atoms with Crippen molar-refractivity contribution in [2.45, 2.75) is 26.8 Å². The second-order valence-electron chi connectivity index (χ2n) is 7.76. The van der Waals surface area contributed by atoms with Gasteiger partial charge in [0.1, 0.15) is 17.3 Å². The van der Waals surface area contributed by atoms with Gasteiger partial charge in [0.2, 0.25) is 0 Å². The van der Waals surface area contributed by atoms with Gasteiger partial charge >= 0.3 is 0 Å². The van der Waals surface area contributed by atoms with E-state index in [9.17, 15) is 19.1 Å². The lowest BCUT2D eigenvalue weighted by atomic mass is 9.94. The molecule has 1 saturated heterocycles. The normalized spacial score (nSPS) is 17.9. The minimum Gasteiger partial charge on any atom is -0.507 e. The summed E-state index contributed by atoms with van der Waals surface area (Å²) in [6, 6.07) is 10.4. The number of hydrogen-bond donors (Lipinski definition) is 1. The maximum absolute atomic E-state index is 13.8. The fraction of sp³-hybridized carbons (Fsp3) is 0.360. The molecule has 0 radical (unpaired) electrons. The molecule has 3 rings (SSSR count). The molecule has 0 aromatic heterocycles. The minimum atomic E-state index is -0.772. The van der Waals surface area contributed by atoms with Gasteiger partial charge in [-0.25, -0.2) is 4.39 Å². The van der Waals surface area contributed by atoms with Crippen molar-refractivity contribution in [1.82, 2.24) is 9.80 Å². The number of aryl methyl sites for hydroxylation is 1. The summed E-state index contributed by atoms with van der Waals surface area (Å²) in [6.45, 7) is 8.21. The minimum absolute atomic E-state index is 0.00573. The standard InChI is InChI=1S/C25H29FN2O4/c1-5-27(6-2)12-13-28-22(17-8-7-9-19(15-17)32-4)21(24(30)25(28)31)23(29)18-10-11-20(26)16(3)14-18/h7-11,14-15,22,29H,5-6,12-13H2,1-4H3/b23-21-. The molecule has 1 unspecified atom stereocenters. The van der Waals surface area contributed by atoms with Crippen molar-refractivity contribution >= 4 is 17.4 Å². The summed E-state index contributed by atoms with van der Waals surface area (Å²) in [5.41, 5.74) is 1.28. The van der Waals surface area contributed by atoms with Crippen molar-refractivity contribution in [3.8, 4) is 5.75 Å². The van der Waals surface area contributed by atoms with E-state index in [0.717, 1.165) is 13.1 Å². The zero-order valence-electron chi connectivity index (χ0n) is 18.9. The van der Waals surface area contributed by atoms with Gasteiger partial charge in [-0.05, 0) is 61.5 Å². The molecule has 6 nitrogen and oxygen atoms in total. The summed E-state index contributed by atoms with van der Waals surface area (Å²) >= 11 is 0. The lowest BCUT2D eigenvalue weighted by Crippen LogP contribution is -2.38. The van der Waals surface area contributed by atoms with Crippen LogP contribution in [0.3, 0.4) is 0 Å². The Kier molecular flexibility index (Phi) is 7.30. The number of aliphatic hydroxyl groups excluding tert-OH is 1. The van der Waals surface area contributed by atoms with Gasteiger partial charge in [-0.2, -0.15) is 0 Å². The van der Waals surface area contributed by atoms with Crippen LogP contribution in [0, 0.1) is 12.7 Å². The molecule has 2 aromatic rings. The second-order valence-corrected chi connectivity index (χ2v) is 7.76. The van der Waals surface area contributed by atoms with Crippen LogP contribution in [-0.4, -0.2) is 59.9 Å². The molecule has 1 aliphatic rings. The summed E-state index contributed by atoms with van der Waals surface area (Å²) in [4.78, 5) is 29.8. The van der Waals surface area contributed by atoms with Crippen LogP contribution in [0.5, 0.6) is 5.75 Å². The first-order valence-electron chi connectivity index (χ1n) is 10.7. The highest BCUT2D eigenvalue weighted by Gasteiger charge is 2.46. The summed E-state index contributed by atoms with van der Waals surface area (Å²) in [5.74, 6) is -1.56. The Hall–Kier alpha value is -3.19. The second kappa shape index (κ2) is 9.96. The smallest absolute Gasteiger partial charge is 0.295 e. The molecule has 1 aliphatic heterocycles. The number of ketones is 1. The lowest BCUT2D eigenvalue weighted by Gasteiger charge is -2.28. The molecule has 1 atom stereocenters. The highest BCUT2D eigenvalue weighted by Crippen LogP contribution is 2.40. The van der Waals surface area contributed by atoms with Gasteiger partial charge in [-0.15, -0.1) is 0 Å². The topological polar surface area (TPSA) is 70.1 Å². The number of hydrogen-bond acceptors (Lipinski definition) is 5. The molecule has 0 bridgehead atoms. The van der Waals surface area contributed by atoms with Crippen LogP contribution < -0.4 is 4.74 Å². The number of ether oxygens (including phenoxy) is 1. The lowest BCUT2D eigenvalue weighted by molar-refractivity contribution is -0.140. The number of Topliss-reactive ketones (excluding diaryl/α,β-unsaturated/α-hetero) is 1. The van der Waals surface area contributed by atoms with Crippen LogP contribution in [0.1, 0.15) is 36.6 Å². The van der Waals surface area contributed by atoms with Crippen molar-refractivity contribution in [2.75, 3.05) is 33.3 Å². The predicted molar refractivity (Wildman–Crippen MR) is 121 cm³/mol. The quantitative estimate of drug-likeness (QED) is 0.383. The van der Waals surface area contributed by atoms with Gasteiger partial charge < -0.3 is 19.6 Å². The highest BCUT2D eigenvalue weighted by molar-refractivity contribution is 6.46. The Balaban J connectivity index is 2.13. The first kappa shape index (κ1) is 23.5. The third-order valence-electron chi connectivity index (χ3n) is 5.93. The van der Waals surface area contributed by atoms with E-state index in [1.807, 2.05) is 13.8 Å². The van der Waals surface area contributed by atoms with Crippen molar-refractivity contribution in [2.24, 2.45) is 0 Å². The number of benzene rings is 2. The molecule has 1 amide bonds. The van der Waals surface area contributed by atoms with Gasteiger partial charge in [-0.3, -0.25) is 9.59 Å². The Morgan fingerprint density at radius 3 is 2.50 bits per heavy atom. The molecule has 32 heavy (non-hydrogen) atoms. The Morgan fingerprint density at radius 2 is 1.88 bits per heavy atom. The number of carbonyl (C=O) groups excluding carboxylic acids is 2. The van der Waals surface area contributed by atoms with E-state index in [2.05, 4.69) is 4.90 Å². The van der Waals surface area contributed by atoms with Gasteiger partial charge in [0.05, 0.1) is 18.7 Å². The van der Waals surface area contributed by atoms with E-state index >= 15 is 0 Å². The van der Waals surface area contributed by atoms with Crippen LogP contribution >= 0.6 is 0 Å². The summed E-state index contributed by atoms with van der Waals surface area (Å²) < 4.78 is 19.1. The molecule has 7 heteroatoms. The van der Waals surface area contributed by atoms with Gasteiger partial charge in [0, 0.05) is 18.7 Å². The zero-order valence-corrected chi connectivity index (χ0v) is 18.9. The first-order valence-corrected chi connectivity index (χ1v) is 10.7. The third-order valence-corrected chi connectivity index (χ3v) is 5.93. The maximum Gasteiger partial charge on any atom is 0.295 e.